The maximum atomic E-state index is 11.6. The molecule has 0 saturated carbocycles. The van der Waals surface area contributed by atoms with E-state index in [1.807, 2.05) is 13.8 Å². The highest BCUT2D eigenvalue weighted by Gasteiger charge is 2.32. The van der Waals surface area contributed by atoms with Crippen molar-refractivity contribution in [2.24, 2.45) is 0 Å². The molecule has 1 saturated heterocycles. The molecule has 19 heavy (non-hydrogen) atoms. The fraction of sp³-hybridized carbons (Fsp3) is 0.600. The Hall–Kier alpha value is -0.670. The lowest BCUT2D eigenvalue weighted by atomic mass is 10.5. The average molecular weight is 328 g/mol. The molecule has 2 atom stereocenters. The Labute approximate surface area is 118 Å². The van der Waals surface area contributed by atoms with Crippen LogP contribution >= 0.6 is 0 Å². The Morgan fingerprint density at radius 2 is 1.32 bits per heavy atom. The second-order valence-corrected chi connectivity index (χ2v) is 7.67. The third kappa shape index (κ3) is 5.45. The van der Waals surface area contributed by atoms with E-state index in [9.17, 15) is 16.8 Å². The first-order valence-electron chi connectivity index (χ1n) is 5.70. The van der Waals surface area contributed by atoms with E-state index in [1.165, 1.54) is 10.8 Å². The van der Waals surface area contributed by atoms with Crippen LogP contribution < -0.4 is 0 Å². The molecule has 0 N–H and O–H groups in total. The van der Waals surface area contributed by atoms with Crippen LogP contribution in [0.1, 0.15) is 26.7 Å². The summed E-state index contributed by atoms with van der Waals surface area (Å²) < 4.78 is 54.7. The zero-order valence-electron chi connectivity index (χ0n) is 10.7. The lowest BCUT2D eigenvalue weighted by Crippen LogP contribution is -1.96. The zero-order valence-corrected chi connectivity index (χ0v) is 13.1. The SMILES string of the molecule is CCCS(=O)C=C1OS(=O)(=O)OC1=CS(=O)CCC. The first-order chi connectivity index (χ1) is 8.88. The van der Waals surface area contributed by atoms with Crippen molar-refractivity contribution in [3.8, 4) is 0 Å². The largest absolute Gasteiger partial charge is 0.501 e. The lowest BCUT2D eigenvalue weighted by Gasteiger charge is -1.96. The van der Waals surface area contributed by atoms with Crippen LogP contribution in [-0.4, -0.2) is 28.3 Å². The highest BCUT2D eigenvalue weighted by atomic mass is 32.3. The molecule has 0 amide bonds. The molecule has 0 aliphatic carbocycles. The van der Waals surface area contributed by atoms with Gasteiger partial charge in [-0.05, 0) is 12.8 Å². The van der Waals surface area contributed by atoms with Gasteiger partial charge in [0.25, 0.3) is 0 Å². The van der Waals surface area contributed by atoms with Gasteiger partial charge in [0.05, 0.1) is 10.8 Å². The average Bonchev–Trinajstić information content (AvgIpc) is 2.53. The van der Waals surface area contributed by atoms with Gasteiger partial charge in [0, 0.05) is 33.1 Å². The zero-order chi connectivity index (χ0) is 14.5. The van der Waals surface area contributed by atoms with Gasteiger partial charge in [-0.25, -0.2) is 0 Å². The van der Waals surface area contributed by atoms with Crippen molar-refractivity contribution < 1.29 is 25.2 Å². The normalized spacial score (nSPS) is 24.9. The van der Waals surface area contributed by atoms with Gasteiger partial charge in [0.15, 0.2) is 11.5 Å². The van der Waals surface area contributed by atoms with Gasteiger partial charge in [-0.3, -0.25) is 8.42 Å². The standard InChI is InChI=1S/C10H16O6S3/c1-3-5-17(11)7-9-10(8-18(12)6-4-2)16-19(13,14)15-9/h7-8H,3-6H2,1-2H3. The fourth-order valence-corrected chi connectivity index (χ4v) is 3.94. The third-order valence-electron chi connectivity index (χ3n) is 1.91. The summed E-state index contributed by atoms with van der Waals surface area (Å²) in [6, 6.07) is 0. The summed E-state index contributed by atoms with van der Waals surface area (Å²) in [6.45, 7) is 3.71. The fourth-order valence-electron chi connectivity index (χ4n) is 1.23. The summed E-state index contributed by atoms with van der Waals surface area (Å²) in [5.74, 6) is 0.462. The van der Waals surface area contributed by atoms with Crippen molar-refractivity contribution >= 4 is 32.0 Å². The molecule has 0 bridgehead atoms. The van der Waals surface area contributed by atoms with Gasteiger partial charge in [0.1, 0.15) is 0 Å². The van der Waals surface area contributed by atoms with Crippen molar-refractivity contribution in [1.82, 2.24) is 0 Å². The topological polar surface area (TPSA) is 86.7 Å². The summed E-state index contributed by atoms with van der Waals surface area (Å²) >= 11 is 0. The van der Waals surface area contributed by atoms with Crippen molar-refractivity contribution in [2.75, 3.05) is 11.5 Å². The van der Waals surface area contributed by atoms with E-state index >= 15 is 0 Å². The summed E-state index contributed by atoms with van der Waals surface area (Å²) in [4.78, 5) is 0. The molecule has 6 nitrogen and oxygen atoms in total. The van der Waals surface area contributed by atoms with Gasteiger partial charge < -0.3 is 8.37 Å². The molecule has 0 aromatic carbocycles. The number of hydrogen-bond donors (Lipinski definition) is 0. The van der Waals surface area contributed by atoms with E-state index in [0.717, 1.165) is 0 Å². The maximum absolute atomic E-state index is 11.6. The Morgan fingerprint density at radius 3 is 1.63 bits per heavy atom. The molecule has 0 spiro atoms. The van der Waals surface area contributed by atoms with Crippen molar-refractivity contribution in [3.63, 3.8) is 0 Å². The van der Waals surface area contributed by atoms with Crippen LogP contribution in [0.15, 0.2) is 22.3 Å². The van der Waals surface area contributed by atoms with E-state index in [4.69, 9.17) is 0 Å². The highest BCUT2D eigenvalue weighted by molar-refractivity contribution is 7.88. The minimum atomic E-state index is -4.17. The maximum Gasteiger partial charge on any atom is 0.501 e. The first-order valence-corrected chi connectivity index (χ1v) is 9.80. The summed E-state index contributed by atoms with van der Waals surface area (Å²) in [5.41, 5.74) is 0. The minimum Gasteiger partial charge on any atom is -0.348 e. The number of hydrogen-bond acceptors (Lipinski definition) is 6. The Balaban J connectivity index is 3.00. The predicted molar refractivity (Wildman–Crippen MR) is 73.9 cm³/mol. The smallest absolute Gasteiger partial charge is 0.348 e. The van der Waals surface area contributed by atoms with Crippen LogP contribution in [0, 0.1) is 0 Å². The van der Waals surface area contributed by atoms with Crippen molar-refractivity contribution in [2.45, 2.75) is 26.7 Å². The van der Waals surface area contributed by atoms with Crippen LogP contribution in [0.3, 0.4) is 0 Å². The van der Waals surface area contributed by atoms with E-state index in [0.29, 0.717) is 24.3 Å². The van der Waals surface area contributed by atoms with Crippen LogP contribution in [0.4, 0.5) is 0 Å². The van der Waals surface area contributed by atoms with Crippen molar-refractivity contribution in [3.05, 3.63) is 22.3 Å². The second kappa shape index (κ2) is 7.20. The lowest BCUT2D eigenvalue weighted by molar-refractivity contribution is 0.385. The third-order valence-corrected chi connectivity index (χ3v) is 5.26. The first kappa shape index (κ1) is 16.4. The van der Waals surface area contributed by atoms with Crippen LogP contribution in [0.25, 0.3) is 0 Å². The second-order valence-electron chi connectivity index (χ2n) is 3.71. The number of rotatable bonds is 6. The molecule has 0 radical (unpaired) electrons. The molecule has 110 valence electrons. The Kier molecular flexibility index (Phi) is 6.21. The molecule has 1 heterocycles. The molecule has 1 aliphatic heterocycles. The molecular formula is C10H16O6S3. The minimum absolute atomic E-state index is 0.156. The molecule has 2 unspecified atom stereocenters. The summed E-state index contributed by atoms with van der Waals surface area (Å²) in [5, 5.41) is 2.34. The van der Waals surface area contributed by atoms with Gasteiger partial charge in [-0.2, -0.15) is 0 Å². The van der Waals surface area contributed by atoms with E-state index in [1.54, 1.807) is 0 Å². The van der Waals surface area contributed by atoms with Crippen LogP contribution in [0.5, 0.6) is 0 Å². The van der Waals surface area contributed by atoms with Crippen LogP contribution in [0.2, 0.25) is 0 Å². The van der Waals surface area contributed by atoms with Crippen molar-refractivity contribution in [1.29, 1.82) is 0 Å². The highest BCUT2D eigenvalue weighted by Crippen LogP contribution is 2.28. The summed E-state index contributed by atoms with van der Waals surface area (Å²) in [6.07, 6.45) is 1.37. The van der Waals surface area contributed by atoms with Crippen LogP contribution in [-0.2, 0) is 40.4 Å². The quantitative estimate of drug-likeness (QED) is 0.730. The van der Waals surface area contributed by atoms with Gasteiger partial charge in [0.2, 0.25) is 0 Å². The molecule has 9 heteroatoms. The van der Waals surface area contributed by atoms with Gasteiger partial charge in [-0.1, -0.05) is 13.8 Å². The van der Waals surface area contributed by atoms with E-state index in [2.05, 4.69) is 8.37 Å². The summed E-state index contributed by atoms with van der Waals surface area (Å²) in [7, 11) is -6.88. The molecule has 1 rings (SSSR count). The molecule has 1 aliphatic rings. The molecule has 1 fully saturated rings. The van der Waals surface area contributed by atoms with Gasteiger partial charge in [-0.15, -0.1) is 8.42 Å². The Morgan fingerprint density at radius 1 is 0.947 bits per heavy atom. The van der Waals surface area contributed by atoms with Gasteiger partial charge >= 0.3 is 10.4 Å². The van der Waals surface area contributed by atoms with E-state index in [-0.39, 0.29) is 11.5 Å². The molecule has 0 aromatic rings. The Bertz CT molecular complexity index is 489. The predicted octanol–water partition coefficient (Wildman–Crippen LogP) is 1.28. The molecule has 0 aromatic heterocycles. The monoisotopic (exact) mass is 328 g/mol. The van der Waals surface area contributed by atoms with E-state index < -0.39 is 32.0 Å². The molecular weight excluding hydrogens is 312 g/mol.